The molecule has 100 valence electrons. The number of aryl methyl sites for hydroxylation is 1. The number of aromatic nitrogens is 1. The molecular weight excluding hydrogens is 259 g/mol. The summed E-state index contributed by atoms with van der Waals surface area (Å²) in [6, 6.07) is 4.90. The molecule has 1 aliphatic carbocycles. The Balaban J connectivity index is 2.05. The summed E-state index contributed by atoms with van der Waals surface area (Å²) in [6.45, 7) is 4.25. The molecule has 0 amide bonds. The Morgan fingerprint density at radius 2 is 2.21 bits per heavy atom. The first-order valence-corrected chi connectivity index (χ1v) is 7.42. The number of halogens is 1. The minimum absolute atomic E-state index is 0.190. The summed E-state index contributed by atoms with van der Waals surface area (Å²) in [5, 5.41) is 3.03. The third-order valence-corrected chi connectivity index (χ3v) is 4.87. The number of hydrogen-bond acceptors (Lipinski definition) is 3. The van der Waals surface area contributed by atoms with E-state index in [0.717, 1.165) is 34.7 Å². The smallest absolute Gasteiger partial charge is 0.123 e. The highest BCUT2D eigenvalue weighted by Gasteiger charge is 2.39. The first-order chi connectivity index (χ1) is 9.00. The first-order valence-electron chi connectivity index (χ1n) is 6.54. The van der Waals surface area contributed by atoms with Crippen molar-refractivity contribution in [3.8, 4) is 0 Å². The van der Waals surface area contributed by atoms with Crippen molar-refractivity contribution in [2.24, 2.45) is 5.73 Å². The molecule has 0 spiro atoms. The maximum absolute atomic E-state index is 13.3. The van der Waals surface area contributed by atoms with Crippen LogP contribution in [-0.4, -0.2) is 4.98 Å². The van der Waals surface area contributed by atoms with Crippen molar-refractivity contribution in [1.29, 1.82) is 0 Å². The van der Waals surface area contributed by atoms with Crippen molar-refractivity contribution >= 4 is 11.3 Å². The molecule has 0 saturated heterocycles. The zero-order valence-corrected chi connectivity index (χ0v) is 11.9. The van der Waals surface area contributed by atoms with Gasteiger partial charge in [0.2, 0.25) is 0 Å². The van der Waals surface area contributed by atoms with Gasteiger partial charge in [0, 0.05) is 5.38 Å². The summed E-state index contributed by atoms with van der Waals surface area (Å²) < 4.78 is 13.3. The van der Waals surface area contributed by atoms with Crippen molar-refractivity contribution in [3.05, 3.63) is 51.2 Å². The molecule has 1 aliphatic rings. The van der Waals surface area contributed by atoms with E-state index >= 15 is 0 Å². The standard InChI is InChI=1S/C15H17FN2S/c1-9(2)13-8-19-14(18-13)15(17)6-5-10-7-11(16)3-4-12(10)15/h3-4,7-9H,5-6,17H2,1-2H3. The number of nitrogens with zero attached hydrogens (tertiary/aromatic N) is 1. The summed E-state index contributed by atoms with van der Waals surface area (Å²) in [4.78, 5) is 4.68. The lowest BCUT2D eigenvalue weighted by atomic mass is 9.93. The fraction of sp³-hybridized carbons (Fsp3) is 0.400. The molecular formula is C15H17FN2S. The van der Waals surface area contributed by atoms with Crippen LogP contribution >= 0.6 is 11.3 Å². The van der Waals surface area contributed by atoms with Gasteiger partial charge in [-0.1, -0.05) is 19.9 Å². The van der Waals surface area contributed by atoms with Crippen LogP contribution in [0.5, 0.6) is 0 Å². The maximum atomic E-state index is 13.3. The average Bonchev–Trinajstić information content (AvgIpc) is 2.96. The molecule has 1 aromatic heterocycles. The van der Waals surface area contributed by atoms with Gasteiger partial charge < -0.3 is 5.73 Å². The highest BCUT2D eigenvalue weighted by Crippen LogP contribution is 2.41. The number of fused-ring (bicyclic) bond motifs is 1. The Kier molecular flexibility index (Phi) is 2.95. The van der Waals surface area contributed by atoms with Gasteiger partial charge in [0.1, 0.15) is 10.8 Å². The van der Waals surface area contributed by atoms with Crippen LogP contribution in [0.4, 0.5) is 4.39 Å². The Morgan fingerprint density at radius 3 is 2.89 bits per heavy atom. The van der Waals surface area contributed by atoms with Crippen LogP contribution in [0.25, 0.3) is 0 Å². The van der Waals surface area contributed by atoms with E-state index < -0.39 is 5.54 Å². The summed E-state index contributed by atoms with van der Waals surface area (Å²) in [5.74, 6) is 0.215. The van der Waals surface area contributed by atoms with E-state index in [9.17, 15) is 4.39 Å². The van der Waals surface area contributed by atoms with Gasteiger partial charge in [-0.3, -0.25) is 0 Å². The molecule has 0 fully saturated rings. The van der Waals surface area contributed by atoms with Crippen LogP contribution in [0, 0.1) is 5.82 Å². The maximum Gasteiger partial charge on any atom is 0.123 e. The van der Waals surface area contributed by atoms with E-state index in [4.69, 9.17) is 5.73 Å². The largest absolute Gasteiger partial charge is 0.316 e. The molecule has 0 radical (unpaired) electrons. The molecule has 4 heteroatoms. The first kappa shape index (κ1) is 12.8. The van der Waals surface area contributed by atoms with E-state index in [1.165, 1.54) is 6.07 Å². The molecule has 1 heterocycles. The van der Waals surface area contributed by atoms with Crippen molar-refractivity contribution in [2.45, 2.75) is 38.1 Å². The Hall–Kier alpha value is -1.26. The summed E-state index contributed by atoms with van der Waals surface area (Å²) in [5.41, 5.74) is 9.17. The highest BCUT2D eigenvalue weighted by molar-refractivity contribution is 7.09. The third-order valence-electron chi connectivity index (χ3n) is 3.83. The molecule has 2 aromatic rings. The van der Waals surface area contributed by atoms with E-state index in [1.54, 1.807) is 17.4 Å². The predicted molar refractivity (Wildman–Crippen MR) is 75.9 cm³/mol. The van der Waals surface area contributed by atoms with E-state index in [0.29, 0.717) is 5.92 Å². The summed E-state index contributed by atoms with van der Waals surface area (Å²) in [6.07, 6.45) is 1.62. The van der Waals surface area contributed by atoms with Crippen molar-refractivity contribution in [1.82, 2.24) is 4.98 Å². The van der Waals surface area contributed by atoms with Crippen molar-refractivity contribution < 1.29 is 4.39 Å². The monoisotopic (exact) mass is 276 g/mol. The Morgan fingerprint density at radius 1 is 1.42 bits per heavy atom. The van der Waals surface area contributed by atoms with E-state index in [-0.39, 0.29) is 5.82 Å². The molecule has 1 atom stereocenters. The topological polar surface area (TPSA) is 38.9 Å². The molecule has 1 unspecified atom stereocenters. The van der Waals surface area contributed by atoms with Gasteiger partial charge in [0.05, 0.1) is 11.2 Å². The van der Waals surface area contributed by atoms with Gasteiger partial charge in [0.15, 0.2) is 0 Å². The fourth-order valence-corrected chi connectivity index (χ4v) is 3.79. The second-order valence-electron chi connectivity index (χ2n) is 5.51. The molecule has 1 aromatic carbocycles. The predicted octanol–water partition coefficient (Wildman–Crippen LogP) is 3.55. The molecule has 0 saturated carbocycles. The van der Waals surface area contributed by atoms with Gasteiger partial charge >= 0.3 is 0 Å². The van der Waals surface area contributed by atoms with Crippen LogP contribution in [0.2, 0.25) is 0 Å². The lowest BCUT2D eigenvalue weighted by molar-refractivity contribution is 0.528. The molecule has 0 aliphatic heterocycles. The molecule has 0 bridgehead atoms. The normalized spacial score (nSPS) is 21.9. The lowest BCUT2D eigenvalue weighted by Crippen LogP contribution is -2.35. The number of rotatable bonds is 2. The molecule has 2 N–H and O–H groups in total. The van der Waals surface area contributed by atoms with Gasteiger partial charge in [-0.2, -0.15) is 0 Å². The van der Waals surface area contributed by atoms with Gasteiger partial charge in [-0.05, 0) is 42.0 Å². The number of benzene rings is 1. The van der Waals surface area contributed by atoms with Gasteiger partial charge in [-0.25, -0.2) is 9.37 Å². The van der Waals surface area contributed by atoms with Crippen molar-refractivity contribution in [3.63, 3.8) is 0 Å². The number of thiazole rings is 1. The molecule has 3 rings (SSSR count). The lowest BCUT2D eigenvalue weighted by Gasteiger charge is -2.22. The van der Waals surface area contributed by atoms with Crippen LogP contribution in [0.15, 0.2) is 23.6 Å². The number of hydrogen-bond donors (Lipinski definition) is 1. The van der Waals surface area contributed by atoms with Crippen LogP contribution in [0.3, 0.4) is 0 Å². The van der Waals surface area contributed by atoms with Crippen LogP contribution < -0.4 is 5.73 Å². The fourth-order valence-electron chi connectivity index (χ4n) is 2.65. The zero-order chi connectivity index (χ0) is 13.6. The quantitative estimate of drug-likeness (QED) is 0.911. The van der Waals surface area contributed by atoms with Gasteiger partial charge in [-0.15, -0.1) is 11.3 Å². The molecule has 2 nitrogen and oxygen atoms in total. The van der Waals surface area contributed by atoms with Gasteiger partial charge in [0.25, 0.3) is 0 Å². The SMILES string of the molecule is CC(C)c1csc(C2(N)CCc3cc(F)ccc32)n1. The minimum Gasteiger partial charge on any atom is -0.316 e. The Labute approximate surface area is 116 Å². The van der Waals surface area contributed by atoms with E-state index in [2.05, 4.69) is 24.2 Å². The highest BCUT2D eigenvalue weighted by atomic mass is 32.1. The van der Waals surface area contributed by atoms with E-state index in [1.807, 2.05) is 6.07 Å². The molecule has 19 heavy (non-hydrogen) atoms. The number of nitrogens with two attached hydrogens (primary N) is 1. The van der Waals surface area contributed by atoms with Crippen molar-refractivity contribution in [2.75, 3.05) is 0 Å². The second-order valence-corrected chi connectivity index (χ2v) is 6.36. The summed E-state index contributed by atoms with van der Waals surface area (Å²) in [7, 11) is 0. The Bertz CT molecular complexity index is 620. The third kappa shape index (κ3) is 1.99. The van der Waals surface area contributed by atoms with Crippen LogP contribution in [0.1, 0.15) is 48.0 Å². The second kappa shape index (κ2) is 4.39. The summed E-state index contributed by atoms with van der Waals surface area (Å²) >= 11 is 1.61. The minimum atomic E-state index is -0.541. The average molecular weight is 276 g/mol. The zero-order valence-electron chi connectivity index (χ0n) is 11.1. The van der Waals surface area contributed by atoms with Crippen LogP contribution in [-0.2, 0) is 12.0 Å².